The van der Waals surface area contributed by atoms with Gasteiger partial charge < -0.3 is 19.9 Å². The van der Waals surface area contributed by atoms with Gasteiger partial charge in [-0.1, -0.05) is 37.3 Å². The Kier molecular flexibility index (Phi) is 7.77. The molecule has 0 aromatic heterocycles. The highest BCUT2D eigenvalue weighted by Gasteiger charge is 2.31. The molecule has 0 saturated carbocycles. The number of aliphatic hydroxyl groups excluding tert-OH is 1. The largest absolute Gasteiger partial charge is 0.394 e. The van der Waals surface area contributed by atoms with Crippen molar-refractivity contribution in [3.8, 4) is 0 Å². The molecule has 0 heterocycles. The van der Waals surface area contributed by atoms with E-state index in [0.717, 1.165) is 18.5 Å². The zero-order chi connectivity index (χ0) is 14.8. The maximum absolute atomic E-state index is 9.93. The molecule has 114 valence electrons. The first-order valence-corrected chi connectivity index (χ1v) is 7.20. The molecule has 2 N–H and O–H groups in total. The second-order valence-corrected chi connectivity index (χ2v) is 5.11. The first-order valence-electron chi connectivity index (χ1n) is 7.20. The molecular formula is C16H27NO3. The van der Waals surface area contributed by atoms with Crippen molar-refractivity contribution in [2.75, 3.05) is 33.5 Å². The minimum absolute atomic E-state index is 0.00179. The number of aliphatic hydroxyl groups is 1. The molecule has 4 heteroatoms. The average Bonchev–Trinajstić information content (AvgIpc) is 2.49. The topological polar surface area (TPSA) is 50.7 Å². The molecule has 20 heavy (non-hydrogen) atoms. The van der Waals surface area contributed by atoms with Gasteiger partial charge in [-0.2, -0.15) is 0 Å². The van der Waals surface area contributed by atoms with Crippen LogP contribution in [0.15, 0.2) is 30.3 Å². The minimum Gasteiger partial charge on any atom is -0.394 e. The summed E-state index contributed by atoms with van der Waals surface area (Å²) in [5.74, 6) is 0. The first-order chi connectivity index (χ1) is 9.68. The van der Waals surface area contributed by atoms with Crippen molar-refractivity contribution >= 4 is 0 Å². The third kappa shape index (κ3) is 4.87. The van der Waals surface area contributed by atoms with Gasteiger partial charge in [0.2, 0.25) is 0 Å². The average molecular weight is 281 g/mol. The predicted octanol–water partition coefficient (Wildman–Crippen LogP) is 1.93. The summed E-state index contributed by atoms with van der Waals surface area (Å²) in [5.41, 5.74) is 0.486. The van der Waals surface area contributed by atoms with Crippen LogP contribution in [0.25, 0.3) is 0 Å². The number of hydrogen-bond donors (Lipinski definition) is 2. The summed E-state index contributed by atoms with van der Waals surface area (Å²) in [4.78, 5) is 0. The molecule has 0 fully saturated rings. The Hall–Kier alpha value is -0.940. The Bertz CT molecular complexity index is 358. The standard InChI is InChI=1S/C16H27NO3/c1-4-10-17-16(12-18,13-20-14(2)11-19-3)15-8-6-5-7-9-15/h5-9,14,17-18H,4,10-13H2,1-3H3. The van der Waals surface area contributed by atoms with Crippen molar-refractivity contribution in [2.45, 2.75) is 31.9 Å². The van der Waals surface area contributed by atoms with Gasteiger partial charge in [0, 0.05) is 7.11 Å². The molecule has 0 bridgehead atoms. The molecular weight excluding hydrogens is 254 g/mol. The van der Waals surface area contributed by atoms with E-state index in [1.165, 1.54) is 0 Å². The van der Waals surface area contributed by atoms with Gasteiger partial charge in [0.15, 0.2) is 0 Å². The SMILES string of the molecule is CCCNC(CO)(COC(C)COC)c1ccccc1. The summed E-state index contributed by atoms with van der Waals surface area (Å²) >= 11 is 0. The molecule has 0 spiro atoms. The maximum Gasteiger partial charge on any atom is 0.0906 e. The van der Waals surface area contributed by atoms with Crippen molar-refractivity contribution in [1.82, 2.24) is 5.32 Å². The summed E-state index contributed by atoms with van der Waals surface area (Å²) < 4.78 is 10.9. The molecule has 1 aromatic carbocycles. The molecule has 4 nitrogen and oxygen atoms in total. The van der Waals surface area contributed by atoms with Crippen LogP contribution in [0.1, 0.15) is 25.8 Å². The van der Waals surface area contributed by atoms with Crippen LogP contribution in [0, 0.1) is 0 Å². The number of methoxy groups -OCH3 is 1. The lowest BCUT2D eigenvalue weighted by Gasteiger charge is -2.34. The lowest BCUT2D eigenvalue weighted by molar-refractivity contribution is -0.0340. The summed E-state index contributed by atoms with van der Waals surface area (Å²) in [6.45, 7) is 5.86. The number of nitrogens with one attached hydrogen (secondary N) is 1. The van der Waals surface area contributed by atoms with E-state index in [4.69, 9.17) is 9.47 Å². The van der Waals surface area contributed by atoms with E-state index in [-0.39, 0.29) is 12.7 Å². The van der Waals surface area contributed by atoms with Crippen molar-refractivity contribution in [3.63, 3.8) is 0 Å². The smallest absolute Gasteiger partial charge is 0.0906 e. The Labute approximate surface area is 122 Å². The number of rotatable bonds is 10. The highest BCUT2D eigenvalue weighted by molar-refractivity contribution is 5.25. The number of hydrogen-bond acceptors (Lipinski definition) is 4. The van der Waals surface area contributed by atoms with Crippen molar-refractivity contribution in [2.24, 2.45) is 0 Å². The fraction of sp³-hybridized carbons (Fsp3) is 0.625. The lowest BCUT2D eigenvalue weighted by atomic mass is 9.91. The quantitative estimate of drug-likeness (QED) is 0.688. The second kappa shape index (κ2) is 9.08. The molecule has 0 amide bonds. The lowest BCUT2D eigenvalue weighted by Crippen LogP contribution is -2.50. The van der Waals surface area contributed by atoms with E-state index in [1.807, 2.05) is 37.3 Å². The second-order valence-electron chi connectivity index (χ2n) is 5.11. The molecule has 0 aliphatic rings. The molecule has 1 aromatic rings. The Morgan fingerprint density at radius 2 is 2.00 bits per heavy atom. The van der Waals surface area contributed by atoms with E-state index >= 15 is 0 Å². The minimum atomic E-state index is -0.556. The van der Waals surface area contributed by atoms with Crippen LogP contribution in [-0.4, -0.2) is 44.7 Å². The summed E-state index contributed by atoms with van der Waals surface area (Å²) in [6, 6.07) is 9.96. The molecule has 2 unspecified atom stereocenters. The van der Waals surface area contributed by atoms with Crippen LogP contribution < -0.4 is 5.32 Å². The molecule has 0 aliphatic heterocycles. The van der Waals surface area contributed by atoms with E-state index in [2.05, 4.69) is 12.2 Å². The van der Waals surface area contributed by atoms with E-state index in [0.29, 0.717) is 13.2 Å². The van der Waals surface area contributed by atoms with Crippen LogP contribution in [0.4, 0.5) is 0 Å². The van der Waals surface area contributed by atoms with Crippen LogP contribution in [0.5, 0.6) is 0 Å². The van der Waals surface area contributed by atoms with Crippen LogP contribution >= 0.6 is 0 Å². The van der Waals surface area contributed by atoms with Gasteiger partial charge in [0.05, 0.1) is 31.5 Å². The third-order valence-electron chi connectivity index (χ3n) is 3.33. The molecule has 2 atom stereocenters. The fourth-order valence-electron chi connectivity index (χ4n) is 2.12. The van der Waals surface area contributed by atoms with Gasteiger partial charge in [-0.25, -0.2) is 0 Å². The van der Waals surface area contributed by atoms with Crippen molar-refractivity contribution in [3.05, 3.63) is 35.9 Å². The fourth-order valence-corrected chi connectivity index (χ4v) is 2.12. The van der Waals surface area contributed by atoms with Gasteiger partial charge in [0.25, 0.3) is 0 Å². The monoisotopic (exact) mass is 281 g/mol. The normalized spacial score (nSPS) is 15.8. The number of benzene rings is 1. The van der Waals surface area contributed by atoms with Crippen LogP contribution in [-0.2, 0) is 15.0 Å². The molecule has 0 radical (unpaired) electrons. The van der Waals surface area contributed by atoms with E-state index in [1.54, 1.807) is 7.11 Å². The van der Waals surface area contributed by atoms with E-state index in [9.17, 15) is 5.11 Å². The molecule has 0 aliphatic carbocycles. The summed E-state index contributed by atoms with van der Waals surface area (Å²) in [7, 11) is 1.66. The van der Waals surface area contributed by atoms with Gasteiger partial charge in [-0.05, 0) is 25.5 Å². The van der Waals surface area contributed by atoms with Gasteiger partial charge in [0.1, 0.15) is 0 Å². The maximum atomic E-state index is 9.93. The predicted molar refractivity (Wildman–Crippen MR) is 80.8 cm³/mol. The summed E-state index contributed by atoms with van der Waals surface area (Å²) in [5, 5.41) is 13.4. The Balaban J connectivity index is 2.82. The van der Waals surface area contributed by atoms with E-state index < -0.39 is 5.54 Å². The summed E-state index contributed by atoms with van der Waals surface area (Å²) in [6.07, 6.45) is 1.00. The first kappa shape index (κ1) is 17.1. The third-order valence-corrected chi connectivity index (χ3v) is 3.33. The zero-order valence-corrected chi connectivity index (χ0v) is 12.8. The van der Waals surface area contributed by atoms with Gasteiger partial charge in [-0.15, -0.1) is 0 Å². The zero-order valence-electron chi connectivity index (χ0n) is 12.8. The highest BCUT2D eigenvalue weighted by Crippen LogP contribution is 2.22. The van der Waals surface area contributed by atoms with Crippen LogP contribution in [0.2, 0.25) is 0 Å². The Morgan fingerprint density at radius 1 is 1.30 bits per heavy atom. The number of ether oxygens (including phenoxy) is 2. The van der Waals surface area contributed by atoms with Gasteiger partial charge >= 0.3 is 0 Å². The van der Waals surface area contributed by atoms with Crippen molar-refractivity contribution < 1.29 is 14.6 Å². The van der Waals surface area contributed by atoms with Gasteiger partial charge in [-0.3, -0.25) is 0 Å². The van der Waals surface area contributed by atoms with Crippen molar-refractivity contribution in [1.29, 1.82) is 0 Å². The molecule has 1 rings (SSSR count). The Morgan fingerprint density at radius 3 is 2.55 bits per heavy atom. The molecule has 0 saturated heterocycles. The van der Waals surface area contributed by atoms with Crippen LogP contribution in [0.3, 0.4) is 0 Å². The highest BCUT2D eigenvalue weighted by atomic mass is 16.5.